The van der Waals surface area contributed by atoms with Gasteiger partial charge < -0.3 is 5.32 Å². The molecule has 1 atom stereocenters. The SMILES string of the molecule is CCC1(C)CN(Cc2cn(C)nn2)CCCN1. The van der Waals surface area contributed by atoms with E-state index in [1.807, 2.05) is 13.2 Å². The molecule has 17 heavy (non-hydrogen) atoms. The fourth-order valence-electron chi connectivity index (χ4n) is 2.39. The molecule has 0 saturated carbocycles. The summed E-state index contributed by atoms with van der Waals surface area (Å²) in [5, 5.41) is 11.8. The van der Waals surface area contributed by atoms with Gasteiger partial charge in [-0.2, -0.15) is 0 Å². The van der Waals surface area contributed by atoms with Crippen LogP contribution in [0.2, 0.25) is 0 Å². The third-order valence-corrected chi connectivity index (χ3v) is 3.59. The molecule has 0 spiro atoms. The highest BCUT2D eigenvalue weighted by atomic mass is 15.4. The summed E-state index contributed by atoms with van der Waals surface area (Å²) in [6, 6.07) is 0. The third kappa shape index (κ3) is 3.26. The van der Waals surface area contributed by atoms with Gasteiger partial charge in [0.2, 0.25) is 0 Å². The number of aromatic nitrogens is 3. The van der Waals surface area contributed by atoms with Crippen LogP contribution in [0.3, 0.4) is 0 Å². The van der Waals surface area contributed by atoms with Crippen molar-refractivity contribution in [3.63, 3.8) is 0 Å². The van der Waals surface area contributed by atoms with Crippen LogP contribution in [0, 0.1) is 0 Å². The molecule has 1 aliphatic rings. The summed E-state index contributed by atoms with van der Waals surface area (Å²) in [7, 11) is 1.91. The Kier molecular flexibility index (Phi) is 3.79. The van der Waals surface area contributed by atoms with Gasteiger partial charge in [-0.3, -0.25) is 9.58 Å². The Morgan fingerprint density at radius 2 is 2.35 bits per heavy atom. The summed E-state index contributed by atoms with van der Waals surface area (Å²) in [4.78, 5) is 2.48. The number of hydrogen-bond acceptors (Lipinski definition) is 4. The number of nitrogens with zero attached hydrogens (tertiary/aromatic N) is 4. The summed E-state index contributed by atoms with van der Waals surface area (Å²) in [6.45, 7) is 8.80. The zero-order valence-corrected chi connectivity index (χ0v) is 11.1. The largest absolute Gasteiger partial charge is 0.310 e. The maximum absolute atomic E-state index is 4.16. The van der Waals surface area contributed by atoms with E-state index in [2.05, 4.69) is 34.4 Å². The minimum absolute atomic E-state index is 0.235. The lowest BCUT2D eigenvalue weighted by Gasteiger charge is -2.32. The Morgan fingerprint density at radius 1 is 1.53 bits per heavy atom. The van der Waals surface area contributed by atoms with Crippen molar-refractivity contribution in [3.05, 3.63) is 11.9 Å². The van der Waals surface area contributed by atoms with Crippen molar-refractivity contribution in [3.8, 4) is 0 Å². The van der Waals surface area contributed by atoms with E-state index in [4.69, 9.17) is 0 Å². The predicted molar refractivity (Wildman–Crippen MR) is 67.6 cm³/mol. The maximum Gasteiger partial charge on any atom is 0.0967 e. The van der Waals surface area contributed by atoms with Crippen LogP contribution in [0.1, 0.15) is 32.4 Å². The van der Waals surface area contributed by atoms with Gasteiger partial charge in [0.15, 0.2) is 0 Å². The first-order chi connectivity index (χ1) is 8.11. The molecule has 96 valence electrons. The van der Waals surface area contributed by atoms with E-state index in [0.717, 1.165) is 38.3 Å². The summed E-state index contributed by atoms with van der Waals surface area (Å²) >= 11 is 0. The molecule has 2 heterocycles. The summed E-state index contributed by atoms with van der Waals surface area (Å²) in [5.41, 5.74) is 1.30. The highest BCUT2D eigenvalue weighted by molar-refractivity contribution is 4.95. The van der Waals surface area contributed by atoms with Gasteiger partial charge in [-0.1, -0.05) is 12.1 Å². The van der Waals surface area contributed by atoms with E-state index < -0.39 is 0 Å². The van der Waals surface area contributed by atoms with E-state index in [-0.39, 0.29) is 5.54 Å². The lowest BCUT2D eigenvalue weighted by atomic mass is 9.98. The fraction of sp³-hybridized carbons (Fsp3) is 0.833. The van der Waals surface area contributed by atoms with E-state index in [1.54, 1.807) is 4.68 Å². The molecule has 1 aliphatic heterocycles. The van der Waals surface area contributed by atoms with E-state index >= 15 is 0 Å². The topological polar surface area (TPSA) is 46.0 Å². The van der Waals surface area contributed by atoms with E-state index in [1.165, 1.54) is 6.42 Å². The average molecular weight is 237 g/mol. The molecule has 1 aromatic rings. The van der Waals surface area contributed by atoms with Crippen molar-refractivity contribution in [1.82, 2.24) is 25.2 Å². The molecular weight excluding hydrogens is 214 g/mol. The third-order valence-electron chi connectivity index (χ3n) is 3.59. The van der Waals surface area contributed by atoms with Crippen LogP contribution in [0.25, 0.3) is 0 Å². The number of nitrogens with one attached hydrogen (secondary N) is 1. The Hall–Kier alpha value is -0.940. The van der Waals surface area contributed by atoms with Crippen LogP contribution in [0.4, 0.5) is 0 Å². The number of rotatable bonds is 3. The summed E-state index contributed by atoms with van der Waals surface area (Å²) in [5.74, 6) is 0. The lowest BCUT2D eigenvalue weighted by Crippen LogP contribution is -2.48. The van der Waals surface area contributed by atoms with Gasteiger partial charge in [-0.25, -0.2) is 0 Å². The van der Waals surface area contributed by atoms with Crippen molar-refractivity contribution in [1.29, 1.82) is 0 Å². The molecule has 0 bridgehead atoms. The summed E-state index contributed by atoms with van der Waals surface area (Å²) in [6.07, 6.45) is 4.36. The van der Waals surface area contributed by atoms with Crippen LogP contribution >= 0.6 is 0 Å². The normalized spacial score (nSPS) is 27.0. The molecule has 5 heteroatoms. The Morgan fingerprint density at radius 3 is 3.00 bits per heavy atom. The minimum Gasteiger partial charge on any atom is -0.310 e. The second-order valence-electron chi connectivity index (χ2n) is 5.29. The van der Waals surface area contributed by atoms with Crippen molar-refractivity contribution in [2.75, 3.05) is 19.6 Å². The van der Waals surface area contributed by atoms with Crippen molar-refractivity contribution < 1.29 is 0 Å². The van der Waals surface area contributed by atoms with Crippen molar-refractivity contribution >= 4 is 0 Å². The molecule has 1 N–H and O–H groups in total. The Labute approximate surface area is 103 Å². The molecule has 1 aromatic heterocycles. The molecule has 5 nitrogen and oxygen atoms in total. The Bertz CT molecular complexity index is 362. The van der Waals surface area contributed by atoms with Gasteiger partial charge in [-0.05, 0) is 32.9 Å². The van der Waals surface area contributed by atoms with Crippen LogP contribution in [0.5, 0.6) is 0 Å². The minimum atomic E-state index is 0.235. The lowest BCUT2D eigenvalue weighted by molar-refractivity contribution is 0.206. The highest BCUT2D eigenvalue weighted by Crippen LogP contribution is 2.16. The molecule has 0 amide bonds. The molecule has 1 unspecified atom stereocenters. The smallest absolute Gasteiger partial charge is 0.0967 e. The second-order valence-corrected chi connectivity index (χ2v) is 5.29. The molecule has 0 aromatic carbocycles. The fourth-order valence-corrected chi connectivity index (χ4v) is 2.39. The second kappa shape index (κ2) is 5.14. The maximum atomic E-state index is 4.16. The van der Waals surface area contributed by atoms with Crippen LogP contribution in [-0.4, -0.2) is 45.1 Å². The first kappa shape index (κ1) is 12.5. The Balaban J connectivity index is 1.99. The van der Waals surface area contributed by atoms with Gasteiger partial charge in [0.25, 0.3) is 0 Å². The first-order valence-electron chi connectivity index (χ1n) is 6.44. The zero-order valence-electron chi connectivity index (χ0n) is 11.1. The summed E-state index contributed by atoms with van der Waals surface area (Å²) < 4.78 is 1.77. The molecule has 0 radical (unpaired) electrons. The van der Waals surface area contributed by atoms with Crippen LogP contribution < -0.4 is 5.32 Å². The zero-order chi connectivity index (χ0) is 12.3. The predicted octanol–water partition coefficient (Wildman–Crippen LogP) is 0.779. The average Bonchev–Trinajstić information content (AvgIpc) is 2.59. The van der Waals surface area contributed by atoms with Gasteiger partial charge in [0.05, 0.1) is 5.69 Å². The van der Waals surface area contributed by atoms with E-state index in [9.17, 15) is 0 Å². The van der Waals surface area contributed by atoms with Gasteiger partial charge in [0.1, 0.15) is 0 Å². The molecular formula is C12H23N5. The van der Waals surface area contributed by atoms with Crippen LogP contribution in [-0.2, 0) is 13.6 Å². The monoisotopic (exact) mass is 237 g/mol. The highest BCUT2D eigenvalue weighted by Gasteiger charge is 2.27. The van der Waals surface area contributed by atoms with Crippen LogP contribution in [0.15, 0.2) is 6.20 Å². The number of aryl methyl sites for hydroxylation is 1. The van der Waals surface area contributed by atoms with E-state index in [0.29, 0.717) is 0 Å². The van der Waals surface area contributed by atoms with Crippen molar-refractivity contribution in [2.45, 2.75) is 38.8 Å². The standard InChI is InChI=1S/C12H23N5/c1-4-12(2)10-17(7-5-6-13-12)9-11-8-16(3)15-14-11/h8,13H,4-7,9-10H2,1-3H3. The molecule has 0 aliphatic carbocycles. The van der Waals surface area contributed by atoms with Crippen molar-refractivity contribution in [2.24, 2.45) is 7.05 Å². The van der Waals surface area contributed by atoms with Gasteiger partial charge >= 0.3 is 0 Å². The van der Waals surface area contributed by atoms with Gasteiger partial charge in [0, 0.05) is 31.9 Å². The molecule has 1 saturated heterocycles. The number of hydrogen-bond donors (Lipinski definition) is 1. The van der Waals surface area contributed by atoms with Gasteiger partial charge in [-0.15, -0.1) is 5.10 Å². The molecule has 1 fully saturated rings. The first-order valence-corrected chi connectivity index (χ1v) is 6.44. The quantitative estimate of drug-likeness (QED) is 0.844. The molecule has 2 rings (SSSR count).